The van der Waals surface area contributed by atoms with Gasteiger partial charge in [0.2, 0.25) is 5.88 Å². The van der Waals surface area contributed by atoms with E-state index in [1.807, 2.05) is 31.2 Å². The van der Waals surface area contributed by atoms with Crippen LogP contribution in [0, 0.1) is 11.3 Å². The quantitative estimate of drug-likeness (QED) is 0.882. The molecule has 0 atom stereocenters. The fourth-order valence-corrected chi connectivity index (χ4v) is 1.93. The second kappa shape index (κ2) is 7.15. The number of nitrogens with one attached hydrogen (secondary N) is 1. The Bertz CT molecular complexity index is 650. The number of aromatic nitrogens is 1. The zero-order valence-corrected chi connectivity index (χ0v) is 12.1. The van der Waals surface area contributed by atoms with Crippen molar-refractivity contribution in [3.63, 3.8) is 0 Å². The zero-order valence-electron chi connectivity index (χ0n) is 12.1. The molecule has 1 N–H and O–H groups in total. The molecule has 0 radical (unpaired) electrons. The van der Waals surface area contributed by atoms with E-state index in [1.165, 1.54) is 0 Å². The lowest BCUT2D eigenvalue weighted by Crippen LogP contribution is -2.04. The first-order valence-electron chi connectivity index (χ1n) is 6.67. The van der Waals surface area contributed by atoms with Crippen molar-refractivity contribution in [2.45, 2.75) is 13.5 Å². The molecule has 0 saturated carbocycles. The number of rotatable bonds is 6. The normalized spacial score (nSPS) is 9.76. The summed E-state index contributed by atoms with van der Waals surface area (Å²) in [6, 6.07) is 11.4. The van der Waals surface area contributed by atoms with Gasteiger partial charge in [-0.2, -0.15) is 5.26 Å². The number of hydrogen-bond donors (Lipinski definition) is 1. The Morgan fingerprint density at radius 1 is 1.33 bits per heavy atom. The predicted octanol–water partition coefficient (Wildman–Crippen LogP) is 2.97. The molecule has 0 aliphatic rings. The van der Waals surface area contributed by atoms with E-state index >= 15 is 0 Å². The predicted molar refractivity (Wildman–Crippen MR) is 80.4 cm³/mol. The molecule has 2 rings (SSSR count). The standard InChI is InChI=1S/C16H17N3O2/c1-3-21-16-14(5-4-8-18-16)19-11-12-6-7-15(20-2)13(9-12)10-17/h4-9,19H,3,11H2,1-2H3. The molecular formula is C16H17N3O2. The van der Waals surface area contributed by atoms with Gasteiger partial charge in [-0.05, 0) is 36.8 Å². The fourth-order valence-electron chi connectivity index (χ4n) is 1.93. The minimum absolute atomic E-state index is 0.521. The van der Waals surface area contributed by atoms with Gasteiger partial charge in [0.1, 0.15) is 11.8 Å². The molecule has 0 spiro atoms. The summed E-state index contributed by atoms with van der Waals surface area (Å²) >= 11 is 0. The summed E-state index contributed by atoms with van der Waals surface area (Å²) in [5, 5.41) is 12.4. The van der Waals surface area contributed by atoms with Crippen molar-refractivity contribution >= 4 is 5.69 Å². The number of ether oxygens (including phenoxy) is 2. The van der Waals surface area contributed by atoms with Crippen molar-refractivity contribution in [2.24, 2.45) is 0 Å². The lowest BCUT2D eigenvalue weighted by molar-refractivity contribution is 0.328. The van der Waals surface area contributed by atoms with Crippen LogP contribution in [-0.2, 0) is 6.54 Å². The Morgan fingerprint density at radius 3 is 2.90 bits per heavy atom. The second-order valence-electron chi connectivity index (χ2n) is 4.29. The molecule has 0 unspecified atom stereocenters. The Kier molecular flexibility index (Phi) is 4.99. The van der Waals surface area contributed by atoms with Gasteiger partial charge < -0.3 is 14.8 Å². The summed E-state index contributed by atoms with van der Waals surface area (Å²) in [5.41, 5.74) is 2.33. The maximum absolute atomic E-state index is 9.09. The third-order valence-corrected chi connectivity index (χ3v) is 2.92. The van der Waals surface area contributed by atoms with Gasteiger partial charge in [0.05, 0.1) is 25.0 Å². The Labute approximate surface area is 124 Å². The summed E-state index contributed by atoms with van der Waals surface area (Å²) in [6.07, 6.45) is 1.69. The second-order valence-corrected chi connectivity index (χ2v) is 4.29. The Hall–Kier alpha value is -2.74. The van der Waals surface area contributed by atoms with Crippen LogP contribution in [-0.4, -0.2) is 18.7 Å². The van der Waals surface area contributed by atoms with Gasteiger partial charge in [-0.1, -0.05) is 6.07 Å². The van der Waals surface area contributed by atoms with E-state index in [9.17, 15) is 0 Å². The van der Waals surface area contributed by atoms with Crippen molar-refractivity contribution in [3.8, 4) is 17.7 Å². The molecule has 0 fully saturated rings. The average Bonchev–Trinajstić information content (AvgIpc) is 2.54. The van der Waals surface area contributed by atoms with E-state index < -0.39 is 0 Å². The highest BCUT2D eigenvalue weighted by molar-refractivity contribution is 5.53. The van der Waals surface area contributed by atoms with Gasteiger partial charge >= 0.3 is 0 Å². The number of nitrogens with zero attached hydrogens (tertiary/aromatic N) is 2. The van der Waals surface area contributed by atoms with Gasteiger partial charge in [-0.15, -0.1) is 0 Å². The molecular weight excluding hydrogens is 266 g/mol. The number of nitriles is 1. The van der Waals surface area contributed by atoms with Crippen LogP contribution in [0.2, 0.25) is 0 Å². The van der Waals surface area contributed by atoms with E-state index in [0.717, 1.165) is 11.3 Å². The highest BCUT2D eigenvalue weighted by atomic mass is 16.5. The van der Waals surface area contributed by atoms with Crippen molar-refractivity contribution in [3.05, 3.63) is 47.7 Å². The Balaban J connectivity index is 2.12. The fraction of sp³-hybridized carbons (Fsp3) is 0.250. The lowest BCUT2D eigenvalue weighted by atomic mass is 10.1. The molecule has 108 valence electrons. The Morgan fingerprint density at radius 2 is 2.19 bits per heavy atom. The molecule has 2 aromatic rings. The molecule has 1 aromatic carbocycles. The maximum atomic E-state index is 9.09. The zero-order chi connectivity index (χ0) is 15.1. The number of anilines is 1. The molecule has 0 amide bonds. The average molecular weight is 283 g/mol. The minimum atomic E-state index is 0.521. The third kappa shape index (κ3) is 3.63. The number of methoxy groups -OCH3 is 1. The van der Waals surface area contributed by atoms with E-state index in [2.05, 4.69) is 16.4 Å². The van der Waals surface area contributed by atoms with Crippen LogP contribution >= 0.6 is 0 Å². The van der Waals surface area contributed by atoms with Gasteiger partial charge in [0.15, 0.2) is 0 Å². The lowest BCUT2D eigenvalue weighted by Gasteiger charge is -2.11. The summed E-state index contributed by atoms with van der Waals surface area (Å²) < 4.78 is 10.6. The largest absolute Gasteiger partial charge is 0.495 e. The molecule has 5 heteroatoms. The molecule has 1 heterocycles. The van der Waals surface area contributed by atoms with Gasteiger partial charge in [0.25, 0.3) is 0 Å². The highest BCUT2D eigenvalue weighted by Crippen LogP contribution is 2.23. The summed E-state index contributed by atoms with van der Waals surface area (Å²) in [5.74, 6) is 1.16. The van der Waals surface area contributed by atoms with Crippen molar-refractivity contribution < 1.29 is 9.47 Å². The topological polar surface area (TPSA) is 67.2 Å². The van der Waals surface area contributed by atoms with Crippen LogP contribution in [0.25, 0.3) is 0 Å². The molecule has 0 aliphatic carbocycles. The molecule has 0 aliphatic heterocycles. The van der Waals surface area contributed by atoms with Crippen LogP contribution < -0.4 is 14.8 Å². The molecule has 0 saturated heterocycles. The van der Waals surface area contributed by atoms with Gasteiger partial charge in [-0.25, -0.2) is 4.98 Å². The summed E-state index contributed by atoms with van der Waals surface area (Å²) in [6.45, 7) is 3.05. The van der Waals surface area contributed by atoms with Gasteiger partial charge in [0, 0.05) is 12.7 Å². The monoisotopic (exact) mass is 283 g/mol. The van der Waals surface area contributed by atoms with Crippen LogP contribution in [0.5, 0.6) is 11.6 Å². The van der Waals surface area contributed by atoms with Crippen molar-refractivity contribution in [2.75, 3.05) is 19.0 Å². The van der Waals surface area contributed by atoms with Crippen LogP contribution in [0.4, 0.5) is 5.69 Å². The SMILES string of the molecule is CCOc1ncccc1NCc1ccc(OC)c(C#N)c1. The molecule has 5 nitrogen and oxygen atoms in total. The summed E-state index contributed by atoms with van der Waals surface area (Å²) in [7, 11) is 1.55. The van der Waals surface area contributed by atoms with E-state index in [-0.39, 0.29) is 0 Å². The van der Waals surface area contributed by atoms with Crippen LogP contribution in [0.3, 0.4) is 0 Å². The van der Waals surface area contributed by atoms with E-state index in [0.29, 0.717) is 30.3 Å². The summed E-state index contributed by atoms with van der Waals surface area (Å²) in [4.78, 5) is 4.18. The van der Waals surface area contributed by atoms with Crippen molar-refractivity contribution in [1.82, 2.24) is 4.98 Å². The number of hydrogen-bond acceptors (Lipinski definition) is 5. The first-order chi connectivity index (χ1) is 10.3. The first kappa shape index (κ1) is 14.7. The highest BCUT2D eigenvalue weighted by Gasteiger charge is 2.06. The maximum Gasteiger partial charge on any atom is 0.237 e. The number of pyridine rings is 1. The third-order valence-electron chi connectivity index (χ3n) is 2.92. The smallest absolute Gasteiger partial charge is 0.237 e. The first-order valence-corrected chi connectivity index (χ1v) is 6.67. The minimum Gasteiger partial charge on any atom is -0.495 e. The van der Waals surface area contributed by atoms with E-state index in [4.69, 9.17) is 14.7 Å². The van der Waals surface area contributed by atoms with Gasteiger partial charge in [-0.3, -0.25) is 0 Å². The van der Waals surface area contributed by atoms with Crippen molar-refractivity contribution in [1.29, 1.82) is 5.26 Å². The molecule has 21 heavy (non-hydrogen) atoms. The number of benzene rings is 1. The van der Waals surface area contributed by atoms with Crippen LogP contribution in [0.15, 0.2) is 36.5 Å². The van der Waals surface area contributed by atoms with E-state index in [1.54, 1.807) is 19.4 Å². The van der Waals surface area contributed by atoms with Crippen LogP contribution in [0.1, 0.15) is 18.1 Å². The molecule has 1 aromatic heterocycles. The molecule has 0 bridgehead atoms.